The smallest absolute Gasteiger partial charge is 0.319 e. The van der Waals surface area contributed by atoms with Crippen molar-refractivity contribution < 1.29 is 22.4 Å². The molecule has 0 saturated carbocycles. The molecule has 1 aromatic rings. The number of rotatable bonds is 5. The lowest BCUT2D eigenvalue weighted by Gasteiger charge is -2.38. The highest BCUT2D eigenvalue weighted by atomic mass is 79.9. The number of alkyl halides is 4. The molecule has 0 atom stereocenters. The summed E-state index contributed by atoms with van der Waals surface area (Å²) in [4.78, 5) is 15.2. The van der Waals surface area contributed by atoms with Gasteiger partial charge in [0.2, 0.25) is 0 Å². The minimum Gasteiger partial charge on any atom is -0.368 e. The second-order valence-corrected chi connectivity index (χ2v) is 6.48. The topological polar surface area (TPSA) is 35.6 Å². The standard InChI is InChI=1S/C15H18BrF4N3O/c1-21-13(24)11-3-2-10(16)8-12(11)23-6-4-22(5-7-23)9-15(19,20)14(17)18/h2-3,8,14H,4-7,9H2,1H3,(H,21,24). The summed E-state index contributed by atoms with van der Waals surface area (Å²) in [6.45, 7) is 0.239. The highest BCUT2D eigenvalue weighted by Crippen LogP contribution is 2.28. The van der Waals surface area contributed by atoms with Gasteiger partial charge in [0.05, 0.1) is 17.8 Å². The first-order valence-electron chi connectivity index (χ1n) is 7.39. The number of carbonyl (C=O) groups is 1. The normalized spacial score (nSPS) is 16.5. The summed E-state index contributed by atoms with van der Waals surface area (Å²) in [7, 11) is 1.53. The van der Waals surface area contributed by atoms with E-state index in [1.807, 2.05) is 4.90 Å². The SMILES string of the molecule is CNC(=O)c1ccc(Br)cc1N1CCN(CC(F)(F)C(F)F)CC1. The first kappa shape index (κ1) is 19.0. The lowest BCUT2D eigenvalue weighted by molar-refractivity contribution is -0.142. The number of carbonyl (C=O) groups excluding carboxylic acids is 1. The zero-order chi connectivity index (χ0) is 17.9. The maximum Gasteiger partial charge on any atom is 0.319 e. The van der Waals surface area contributed by atoms with Crippen LogP contribution < -0.4 is 10.2 Å². The molecule has 0 unspecified atom stereocenters. The van der Waals surface area contributed by atoms with Crippen LogP contribution in [-0.4, -0.2) is 62.9 Å². The van der Waals surface area contributed by atoms with Crippen molar-refractivity contribution in [1.82, 2.24) is 10.2 Å². The van der Waals surface area contributed by atoms with E-state index >= 15 is 0 Å². The molecule has 0 spiro atoms. The molecule has 0 bridgehead atoms. The molecule has 0 aromatic heterocycles. The van der Waals surface area contributed by atoms with Gasteiger partial charge in [0.1, 0.15) is 0 Å². The Morgan fingerprint density at radius 3 is 2.46 bits per heavy atom. The van der Waals surface area contributed by atoms with Crippen molar-refractivity contribution in [3.05, 3.63) is 28.2 Å². The number of hydrogen-bond acceptors (Lipinski definition) is 3. The van der Waals surface area contributed by atoms with E-state index in [9.17, 15) is 22.4 Å². The zero-order valence-corrected chi connectivity index (χ0v) is 14.6. The van der Waals surface area contributed by atoms with Crippen LogP contribution in [0.25, 0.3) is 0 Å². The van der Waals surface area contributed by atoms with Gasteiger partial charge in [-0.05, 0) is 18.2 Å². The van der Waals surface area contributed by atoms with Crippen LogP contribution in [0.3, 0.4) is 0 Å². The third-order valence-corrected chi connectivity index (χ3v) is 4.39. The van der Waals surface area contributed by atoms with E-state index in [4.69, 9.17) is 0 Å². The summed E-state index contributed by atoms with van der Waals surface area (Å²) in [6.07, 6.45) is -3.67. The molecule has 1 aromatic carbocycles. The number of amides is 1. The minimum atomic E-state index is -4.01. The summed E-state index contributed by atoms with van der Waals surface area (Å²) < 4.78 is 51.7. The number of benzene rings is 1. The molecule has 0 aliphatic carbocycles. The fourth-order valence-corrected chi connectivity index (χ4v) is 2.96. The van der Waals surface area contributed by atoms with Gasteiger partial charge in [0.25, 0.3) is 5.91 Å². The van der Waals surface area contributed by atoms with Crippen LogP contribution in [0.4, 0.5) is 23.2 Å². The Labute approximate surface area is 145 Å². The average molecular weight is 412 g/mol. The monoisotopic (exact) mass is 411 g/mol. The third kappa shape index (κ3) is 4.38. The van der Waals surface area contributed by atoms with Crippen LogP contribution in [-0.2, 0) is 0 Å². The molecule has 1 aliphatic rings. The van der Waals surface area contributed by atoms with Crippen molar-refractivity contribution in [3.63, 3.8) is 0 Å². The number of nitrogens with zero attached hydrogens (tertiary/aromatic N) is 2. The molecule has 1 aliphatic heterocycles. The maximum absolute atomic E-state index is 13.2. The average Bonchev–Trinajstić information content (AvgIpc) is 2.54. The van der Waals surface area contributed by atoms with Gasteiger partial charge in [-0.15, -0.1) is 0 Å². The second kappa shape index (κ2) is 7.69. The highest BCUT2D eigenvalue weighted by Gasteiger charge is 2.42. The molecule has 1 N–H and O–H groups in total. The summed E-state index contributed by atoms with van der Waals surface area (Å²) >= 11 is 3.35. The number of piperazine rings is 1. The summed E-state index contributed by atoms with van der Waals surface area (Å²) in [5.74, 6) is -4.25. The second-order valence-electron chi connectivity index (χ2n) is 5.57. The van der Waals surface area contributed by atoms with Gasteiger partial charge < -0.3 is 10.2 Å². The van der Waals surface area contributed by atoms with E-state index in [1.54, 1.807) is 18.2 Å². The van der Waals surface area contributed by atoms with E-state index in [0.29, 0.717) is 24.3 Å². The van der Waals surface area contributed by atoms with Crippen molar-refractivity contribution in [2.75, 3.05) is 44.7 Å². The lowest BCUT2D eigenvalue weighted by Crippen LogP contribution is -2.51. The summed E-state index contributed by atoms with van der Waals surface area (Å²) in [6, 6.07) is 5.21. The molecular formula is C15H18BrF4N3O. The van der Waals surface area contributed by atoms with E-state index in [2.05, 4.69) is 21.2 Å². The van der Waals surface area contributed by atoms with Gasteiger partial charge in [-0.1, -0.05) is 15.9 Å². The molecule has 2 rings (SSSR count). The molecule has 0 radical (unpaired) electrons. The van der Waals surface area contributed by atoms with E-state index in [1.165, 1.54) is 11.9 Å². The van der Waals surface area contributed by atoms with Crippen molar-refractivity contribution in [2.24, 2.45) is 0 Å². The molecule has 1 heterocycles. The van der Waals surface area contributed by atoms with E-state index in [-0.39, 0.29) is 19.0 Å². The van der Waals surface area contributed by atoms with Crippen LogP contribution in [0.15, 0.2) is 22.7 Å². The molecule has 134 valence electrons. The summed E-state index contributed by atoms with van der Waals surface area (Å²) in [5.41, 5.74) is 1.16. The lowest BCUT2D eigenvalue weighted by atomic mass is 10.1. The summed E-state index contributed by atoms with van der Waals surface area (Å²) in [5, 5.41) is 2.56. The van der Waals surface area contributed by atoms with Crippen molar-refractivity contribution >= 4 is 27.5 Å². The Hall–Kier alpha value is -1.35. The Kier molecular flexibility index (Phi) is 6.08. The van der Waals surface area contributed by atoms with Gasteiger partial charge in [-0.25, -0.2) is 8.78 Å². The predicted octanol–water partition coefficient (Wildman–Crippen LogP) is 2.83. The van der Waals surface area contributed by atoms with Gasteiger partial charge >= 0.3 is 12.3 Å². The van der Waals surface area contributed by atoms with Gasteiger partial charge in [-0.2, -0.15) is 8.78 Å². The van der Waals surface area contributed by atoms with Gasteiger partial charge in [-0.3, -0.25) is 9.69 Å². The van der Waals surface area contributed by atoms with E-state index in [0.717, 1.165) is 4.47 Å². The molecule has 24 heavy (non-hydrogen) atoms. The Morgan fingerprint density at radius 2 is 1.92 bits per heavy atom. The molecular weight excluding hydrogens is 394 g/mol. The first-order chi connectivity index (χ1) is 11.2. The molecule has 4 nitrogen and oxygen atoms in total. The quantitative estimate of drug-likeness (QED) is 0.756. The van der Waals surface area contributed by atoms with Crippen molar-refractivity contribution in [3.8, 4) is 0 Å². The molecule has 1 fully saturated rings. The molecule has 9 heteroatoms. The molecule has 1 saturated heterocycles. The predicted molar refractivity (Wildman–Crippen MR) is 87.1 cm³/mol. The number of anilines is 1. The number of nitrogens with one attached hydrogen (secondary N) is 1. The van der Waals surface area contributed by atoms with Crippen molar-refractivity contribution in [1.29, 1.82) is 0 Å². The van der Waals surface area contributed by atoms with Crippen LogP contribution in [0, 0.1) is 0 Å². The Morgan fingerprint density at radius 1 is 1.29 bits per heavy atom. The number of hydrogen-bond donors (Lipinski definition) is 1. The fraction of sp³-hybridized carbons (Fsp3) is 0.533. The van der Waals surface area contributed by atoms with Gasteiger partial charge in [0, 0.05) is 37.7 Å². The fourth-order valence-electron chi connectivity index (χ4n) is 2.61. The largest absolute Gasteiger partial charge is 0.368 e. The zero-order valence-electron chi connectivity index (χ0n) is 13.0. The van der Waals surface area contributed by atoms with Gasteiger partial charge in [0.15, 0.2) is 0 Å². The Balaban J connectivity index is 2.07. The highest BCUT2D eigenvalue weighted by molar-refractivity contribution is 9.10. The Bertz CT molecular complexity index is 592. The number of halogens is 5. The van der Waals surface area contributed by atoms with Crippen LogP contribution in [0.5, 0.6) is 0 Å². The van der Waals surface area contributed by atoms with Crippen molar-refractivity contribution in [2.45, 2.75) is 12.3 Å². The van der Waals surface area contributed by atoms with E-state index < -0.39 is 18.9 Å². The van der Waals surface area contributed by atoms with Crippen LogP contribution in [0.1, 0.15) is 10.4 Å². The maximum atomic E-state index is 13.2. The molecule has 1 amide bonds. The first-order valence-corrected chi connectivity index (χ1v) is 8.19. The van der Waals surface area contributed by atoms with Crippen LogP contribution >= 0.6 is 15.9 Å². The minimum absolute atomic E-state index is 0.224. The van der Waals surface area contributed by atoms with Crippen LogP contribution in [0.2, 0.25) is 0 Å². The third-order valence-electron chi connectivity index (χ3n) is 3.90.